The van der Waals surface area contributed by atoms with E-state index in [0.29, 0.717) is 12.2 Å². The molecule has 2 aromatic rings. The molecular weight excluding hydrogens is 482 g/mol. The van der Waals surface area contributed by atoms with Gasteiger partial charge >= 0.3 is 0 Å². The Labute approximate surface area is 214 Å². The van der Waals surface area contributed by atoms with E-state index < -0.39 is 28.5 Å². The summed E-state index contributed by atoms with van der Waals surface area (Å²) in [7, 11) is -0.971. The molecule has 0 aliphatic rings. The van der Waals surface area contributed by atoms with Crippen LogP contribution in [0, 0.1) is 0 Å². The zero-order chi connectivity index (χ0) is 26.9. The van der Waals surface area contributed by atoms with Crippen LogP contribution in [0.1, 0.15) is 32.8 Å². The maximum Gasteiger partial charge on any atom is 0.244 e. The lowest BCUT2D eigenvalue weighted by atomic mass is 10.1. The minimum absolute atomic E-state index is 0.0536. The molecule has 9 nitrogen and oxygen atoms in total. The molecule has 1 N–H and O–H groups in total. The largest absolute Gasteiger partial charge is 0.497 e. The number of rotatable bonds is 13. The summed E-state index contributed by atoms with van der Waals surface area (Å²) in [6.07, 6.45) is 2.28. The van der Waals surface area contributed by atoms with Crippen molar-refractivity contribution in [3.8, 4) is 11.5 Å². The Hall–Kier alpha value is -3.27. The third-order valence-corrected chi connectivity index (χ3v) is 7.11. The second-order valence-electron chi connectivity index (χ2n) is 8.62. The van der Waals surface area contributed by atoms with Gasteiger partial charge in [0.15, 0.2) is 0 Å². The molecule has 0 aliphatic heterocycles. The molecule has 2 aromatic carbocycles. The third-order valence-electron chi connectivity index (χ3n) is 5.99. The molecule has 0 saturated heterocycles. The summed E-state index contributed by atoms with van der Waals surface area (Å²) in [5.41, 5.74) is 1.20. The molecule has 0 spiro atoms. The molecule has 0 saturated carbocycles. The number of nitrogens with zero attached hydrogens (tertiary/aromatic N) is 2. The number of methoxy groups -OCH3 is 2. The van der Waals surface area contributed by atoms with Gasteiger partial charge in [0.1, 0.15) is 24.1 Å². The van der Waals surface area contributed by atoms with Crippen LogP contribution in [0.25, 0.3) is 0 Å². The fourth-order valence-electron chi connectivity index (χ4n) is 3.62. The first-order valence-electron chi connectivity index (χ1n) is 11.8. The van der Waals surface area contributed by atoms with E-state index in [1.54, 1.807) is 19.1 Å². The van der Waals surface area contributed by atoms with Crippen molar-refractivity contribution in [2.24, 2.45) is 0 Å². The number of anilines is 1. The second kappa shape index (κ2) is 13.2. The Kier molecular flexibility index (Phi) is 10.6. The van der Waals surface area contributed by atoms with Crippen LogP contribution in [0.3, 0.4) is 0 Å². The maximum absolute atomic E-state index is 13.6. The molecule has 198 valence electrons. The highest BCUT2D eigenvalue weighted by atomic mass is 32.2. The summed E-state index contributed by atoms with van der Waals surface area (Å²) in [5.74, 6) is -0.0686. The van der Waals surface area contributed by atoms with Crippen LogP contribution < -0.4 is 19.1 Å². The van der Waals surface area contributed by atoms with Crippen LogP contribution >= 0.6 is 0 Å². The van der Waals surface area contributed by atoms with Gasteiger partial charge in [-0.05, 0) is 44.4 Å². The molecule has 36 heavy (non-hydrogen) atoms. The summed E-state index contributed by atoms with van der Waals surface area (Å²) in [5, 5.41) is 2.91. The molecule has 0 bridgehead atoms. The number of hydrogen-bond acceptors (Lipinski definition) is 6. The Balaban J connectivity index is 2.38. The van der Waals surface area contributed by atoms with Crippen LogP contribution in [0.15, 0.2) is 48.5 Å². The number of benzene rings is 2. The normalized spacial score (nSPS) is 12.8. The van der Waals surface area contributed by atoms with E-state index >= 15 is 0 Å². The number of hydrogen-bond donors (Lipinski definition) is 1. The predicted molar refractivity (Wildman–Crippen MR) is 141 cm³/mol. The third kappa shape index (κ3) is 7.87. The SMILES string of the molecule is CC[C@H](C)NC(=O)[C@@H](C)N(CCc1ccccc1)C(=O)CN(c1ccc(OC)cc1OC)S(C)(=O)=O. The molecule has 10 heteroatoms. The van der Waals surface area contributed by atoms with E-state index in [4.69, 9.17) is 9.47 Å². The minimum atomic E-state index is -3.87. The minimum Gasteiger partial charge on any atom is -0.497 e. The van der Waals surface area contributed by atoms with Crippen molar-refractivity contribution in [2.45, 2.75) is 45.7 Å². The first-order valence-corrected chi connectivity index (χ1v) is 13.7. The van der Waals surface area contributed by atoms with Gasteiger partial charge in [0.25, 0.3) is 0 Å². The summed E-state index contributed by atoms with van der Waals surface area (Å²) in [6, 6.07) is 13.4. The fraction of sp³-hybridized carbons (Fsp3) is 0.462. The summed E-state index contributed by atoms with van der Waals surface area (Å²) in [6.45, 7) is 5.26. The lowest BCUT2D eigenvalue weighted by Crippen LogP contribution is -2.53. The van der Waals surface area contributed by atoms with Gasteiger partial charge in [-0.1, -0.05) is 37.3 Å². The van der Waals surface area contributed by atoms with Gasteiger partial charge in [-0.15, -0.1) is 0 Å². The van der Waals surface area contributed by atoms with Crippen LogP contribution in [0.4, 0.5) is 5.69 Å². The molecule has 0 aliphatic carbocycles. The number of amides is 2. The second-order valence-corrected chi connectivity index (χ2v) is 10.5. The summed E-state index contributed by atoms with van der Waals surface area (Å²) >= 11 is 0. The zero-order valence-corrected chi connectivity index (χ0v) is 22.7. The molecule has 0 radical (unpaired) electrons. The van der Waals surface area contributed by atoms with Gasteiger partial charge in [-0.25, -0.2) is 8.42 Å². The van der Waals surface area contributed by atoms with Gasteiger partial charge in [0, 0.05) is 18.7 Å². The van der Waals surface area contributed by atoms with E-state index in [0.717, 1.165) is 22.5 Å². The number of carbonyl (C=O) groups is 2. The maximum atomic E-state index is 13.6. The van der Waals surface area contributed by atoms with Crippen molar-refractivity contribution < 1.29 is 27.5 Å². The zero-order valence-electron chi connectivity index (χ0n) is 21.9. The monoisotopic (exact) mass is 519 g/mol. The summed E-state index contributed by atoms with van der Waals surface area (Å²) in [4.78, 5) is 27.9. The average molecular weight is 520 g/mol. The molecule has 0 unspecified atom stereocenters. The number of sulfonamides is 1. The first kappa shape index (κ1) is 29.0. The van der Waals surface area contributed by atoms with Crippen LogP contribution in [0.5, 0.6) is 11.5 Å². The highest BCUT2D eigenvalue weighted by Crippen LogP contribution is 2.33. The average Bonchev–Trinajstić information content (AvgIpc) is 2.86. The van der Waals surface area contributed by atoms with Crippen molar-refractivity contribution in [3.63, 3.8) is 0 Å². The number of ether oxygens (including phenoxy) is 2. The van der Waals surface area contributed by atoms with Crippen molar-refractivity contribution in [1.82, 2.24) is 10.2 Å². The fourth-order valence-corrected chi connectivity index (χ4v) is 4.47. The Morgan fingerprint density at radius 3 is 2.25 bits per heavy atom. The standard InChI is InChI=1S/C26H37N3O6S/c1-7-19(2)27-26(31)20(3)28(16-15-21-11-9-8-10-12-21)25(30)18-29(36(6,32)33)23-14-13-22(34-4)17-24(23)35-5/h8-14,17,19-20H,7,15-16,18H2,1-6H3,(H,27,31)/t19-,20+/m0/s1. The van der Waals surface area contributed by atoms with E-state index in [-0.39, 0.29) is 29.9 Å². The number of nitrogens with one attached hydrogen (secondary N) is 1. The Morgan fingerprint density at radius 2 is 1.69 bits per heavy atom. The van der Waals surface area contributed by atoms with Gasteiger partial charge in [0.05, 0.1) is 26.2 Å². The van der Waals surface area contributed by atoms with E-state index in [9.17, 15) is 18.0 Å². The highest BCUT2D eigenvalue weighted by Gasteiger charge is 2.31. The smallest absolute Gasteiger partial charge is 0.244 e. The molecule has 2 atom stereocenters. The van der Waals surface area contributed by atoms with Crippen molar-refractivity contribution in [2.75, 3.05) is 37.9 Å². The van der Waals surface area contributed by atoms with E-state index in [1.165, 1.54) is 25.2 Å². The van der Waals surface area contributed by atoms with Crippen LogP contribution in [0.2, 0.25) is 0 Å². The van der Waals surface area contributed by atoms with Gasteiger partial charge in [0.2, 0.25) is 21.8 Å². The Morgan fingerprint density at radius 1 is 1.03 bits per heavy atom. The summed E-state index contributed by atoms with van der Waals surface area (Å²) < 4.78 is 37.1. The van der Waals surface area contributed by atoms with Gasteiger partial charge in [-0.3, -0.25) is 13.9 Å². The molecule has 0 aromatic heterocycles. The lowest BCUT2D eigenvalue weighted by Gasteiger charge is -2.32. The number of carbonyl (C=O) groups excluding carboxylic acids is 2. The van der Waals surface area contributed by atoms with Crippen LogP contribution in [-0.2, 0) is 26.0 Å². The van der Waals surface area contributed by atoms with Gasteiger partial charge < -0.3 is 19.7 Å². The molecular formula is C26H37N3O6S. The quantitative estimate of drug-likeness (QED) is 0.436. The predicted octanol–water partition coefficient (Wildman–Crippen LogP) is 2.84. The molecule has 2 rings (SSSR count). The van der Waals surface area contributed by atoms with Gasteiger partial charge in [-0.2, -0.15) is 0 Å². The molecule has 0 fully saturated rings. The molecule has 2 amide bonds. The first-order chi connectivity index (χ1) is 17.0. The van der Waals surface area contributed by atoms with Crippen molar-refractivity contribution in [3.05, 3.63) is 54.1 Å². The van der Waals surface area contributed by atoms with Crippen molar-refractivity contribution in [1.29, 1.82) is 0 Å². The topological polar surface area (TPSA) is 105 Å². The van der Waals surface area contributed by atoms with Crippen LogP contribution in [-0.4, -0.2) is 70.8 Å². The Bertz CT molecular complexity index is 1120. The lowest BCUT2D eigenvalue weighted by molar-refractivity contribution is -0.139. The molecule has 0 heterocycles. The van der Waals surface area contributed by atoms with E-state index in [2.05, 4.69) is 5.32 Å². The van der Waals surface area contributed by atoms with Crippen molar-refractivity contribution >= 4 is 27.5 Å². The van der Waals surface area contributed by atoms with E-state index in [1.807, 2.05) is 44.2 Å². The highest BCUT2D eigenvalue weighted by molar-refractivity contribution is 7.92.